The second kappa shape index (κ2) is 4.90. The predicted octanol–water partition coefficient (Wildman–Crippen LogP) is 2.45. The minimum absolute atomic E-state index is 0.505. The lowest BCUT2D eigenvalue weighted by Crippen LogP contribution is -2.03. The first kappa shape index (κ1) is 10.8. The molecule has 0 aliphatic carbocycles. The molecule has 2 aromatic rings. The van der Waals surface area contributed by atoms with Crippen molar-refractivity contribution in [1.29, 1.82) is 0 Å². The van der Waals surface area contributed by atoms with Crippen LogP contribution in [0.15, 0.2) is 30.7 Å². The van der Waals surface area contributed by atoms with E-state index in [1.165, 1.54) is 6.33 Å². The Morgan fingerprint density at radius 3 is 2.88 bits per heavy atom. The smallest absolute Gasteiger partial charge is 0.129 e. The molecule has 2 aromatic heterocycles. The number of nitrogens with one attached hydrogen (secondary N) is 1. The highest BCUT2D eigenvalue weighted by molar-refractivity contribution is 6.29. The molecule has 82 valence electrons. The van der Waals surface area contributed by atoms with Crippen LogP contribution in [0.1, 0.15) is 11.4 Å². The molecule has 0 unspecified atom stereocenters. The van der Waals surface area contributed by atoms with Gasteiger partial charge in [0.15, 0.2) is 0 Å². The van der Waals surface area contributed by atoms with Crippen molar-refractivity contribution in [2.75, 3.05) is 5.32 Å². The van der Waals surface area contributed by atoms with Crippen molar-refractivity contribution in [3.8, 4) is 0 Å². The topological polar surface area (TPSA) is 50.7 Å². The van der Waals surface area contributed by atoms with Crippen LogP contribution in [0, 0.1) is 6.92 Å². The van der Waals surface area contributed by atoms with E-state index >= 15 is 0 Å². The van der Waals surface area contributed by atoms with Gasteiger partial charge in [-0.25, -0.2) is 15.0 Å². The fourth-order valence-corrected chi connectivity index (χ4v) is 1.52. The van der Waals surface area contributed by atoms with Gasteiger partial charge in [-0.2, -0.15) is 0 Å². The van der Waals surface area contributed by atoms with Crippen LogP contribution < -0.4 is 5.32 Å². The quantitative estimate of drug-likeness (QED) is 0.829. The van der Waals surface area contributed by atoms with E-state index in [0.29, 0.717) is 11.7 Å². The summed E-state index contributed by atoms with van der Waals surface area (Å²) in [5.74, 6) is 0. The first-order valence-electron chi connectivity index (χ1n) is 4.87. The van der Waals surface area contributed by atoms with Gasteiger partial charge in [-0.1, -0.05) is 11.6 Å². The van der Waals surface area contributed by atoms with Crippen molar-refractivity contribution in [2.45, 2.75) is 13.5 Å². The number of nitrogens with zero attached hydrogens (tertiary/aromatic N) is 3. The SMILES string of the molecule is Cc1nc(Cl)ccc1NCc1ccncn1. The molecule has 0 radical (unpaired) electrons. The Bertz CT molecular complexity index is 473. The lowest BCUT2D eigenvalue weighted by Gasteiger charge is -2.08. The fraction of sp³-hybridized carbons (Fsp3) is 0.182. The lowest BCUT2D eigenvalue weighted by atomic mass is 10.3. The molecule has 0 atom stereocenters. The zero-order valence-electron chi connectivity index (χ0n) is 8.81. The normalized spacial score (nSPS) is 10.1. The molecule has 0 bridgehead atoms. The van der Waals surface area contributed by atoms with E-state index in [2.05, 4.69) is 20.3 Å². The van der Waals surface area contributed by atoms with Gasteiger partial charge in [-0.15, -0.1) is 0 Å². The molecule has 0 aliphatic heterocycles. The Morgan fingerprint density at radius 2 is 2.19 bits per heavy atom. The molecular formula is C11H11ClN4. The number of aryl methyl sites for hydroxylation is 1. The summed E-state index contributed by atoms with van der Waals surface area (Å²) in [5.41, 5.74) is 2.77. The van der Waals surface area contributed by atoms with Crippen molar-refractivity contribution in [2.24, 2.45) is 0 Å². The van der Waals surface area contributed by atoms with Crippen molar-refractivity contribution in [3.63, 3.8) is 0 Å². The van der Waals surface area contributed by atoms with Gasteiger partial charge >= 0.3 is 0 Å². The van der Waals surface area contributed by atoms with Crippen molar-refractivity contribution < 1.29 is 0 Å². The monoisotopic (exact) mass is 234 g/mol. The van der Waals surface area contributed by atoms with E-state index in [4.69, 9.17) is 11.6 Å². The zero-order chi connectivity index (χ0) is 11.4. The van der Waals surface area contributed by atoms with E-state index in [9.17, 15) is 0 Å². The summed E-state index contributed by atoms with van der Waals surface area (Å²) in [6.45, 7) is 2.56. The van der Waals surface area contributed by atoms with Crippen LogP contribution in [0.2, 0.25) is 5.15 Å². The minimum Gasteiger partial charge on any atom is -0.378 e. The molecule has 0 saturated carbocycles. The summed E-state index contributed by atoms with van der Waals surface area (Å²) < 4.78 is 0. The van der Waals surface area contributed by atoms with Gasteiger partial charge in [0.05, 0.1) is 23.6 Å². The van der Waals surface area contributed by atoms with E-state index in [-0.39, 0.29) is 0 Å². The highest BCUT2D eigenvalue weighted by atomic mass is 35.5. The van der Waals surface area contributed by atoms with E-state index in [1.807, 2.05) is 19.1 Å². The number of anilines is 1. The maximum absolute atomic E-state index is 5.77. The zero-order valence-corrected chi connectivity index (χ0v) is 9.57. The number of hydrogen-bond acceptors (Lipinski definition) is 4. The Morgan fingerprint density at radius 1 is 1.31 bits per heavy atom. The molecule has 1 N–H and O–H groups in total. The molecule has 2 rings (SSSR count). The molecule has 0 fully saturated rings. The van der Waals surface area contributed by atoms with Crippen LogP contribution in [-0.4, -0.2) is 15.0 Å². The molecule has 4 nitrogen and oxygen atoms in total. The first-order valence-corrected chi connectivity index (χ1v) is 5.25. The first-order chi connectivity index (χ1) is 7.75. The second-order valence-electron chi connectivity index (χ2n) is 3.32. The summed E-state index contributed by atoms with van der Waals surface area (Å²) in [6.07, 6.45) is 3.25. The third-order valence-corrected chi connectivity index (χ3v) is 2.37. The van der Waals surface area contributed by atoms with E-state index in [0.717, 1.165) is 17.1 Å². The minimum atomic E-state index is 0.505. The molecule has 16 heavy (non-hydrogen) atoms. The molecule has 2 heterocycles. The Balaban J connectivity index is 2.05. The predicted molar refractivity (Wildman–Crippen MR) is 63.3 cm³/mol. The summed E-state index contributed by atoms with van der Waals surface area (Å²) in [5, 5.41) is 3.75. The molecule has 0 aliphatic rings. The highest BCUT2D eigenvalue weighted by Crippen LogP contribution is 2.16. The largest absolute Gasteiger partial charge is 0.378 e. The molecule has 5 heteroatoms. The molecule has 0 spiro atoms. The van der Waals surface area contributed by atoms with E-state index < -0.39 is 0 Å². The Kier molecular flexibility index (Phi) is 3.31. The maximum atomic E-state index is 5.77. The van der Waals surface area contributed by atoms with Gasteiger partial charge in [0.2, 0.25) is 0 Å². The fourth-order valence-electron chi connectivity index (χ4n) is 1.33. The Labute approximate surface area is 98.7 Å². The van der Waals surface area contributed by atoms with E-state index in [1.54, 1.807) is 12.3 Å². The summed E-state index contributed by atoms with van der Waals surface area (Å²) in [4.78, 5) is 12.1. The van der Waals surface area contributed by atoms with Crippen molar-refractivity contribution >= 4 is 17.3 Å². The number of aromatic nitrogens is 3. The van der Waals surface area contributed by atoms with Gasteiger partial charge in [-0.05, 0) is 25.1 Å². The standard InChI is InChI=1S/C11H11ClN4/c1-8-10(2-3-11(12)16-8)14-6-9-4-5-13-7-15-9/h2-5,7,14H,6H2,1H3. The molecule has 0 amide bonds. The van der Waals surface area contributed by atoms with Gasteiger partial charge < -0.3 is 5.32 Å². The van der Waals surface area contributed by atoms with Gasteiger partial charge in [-0.3, -0.25) is 0 Å². The van der Waals surface area contributed by atoms with Crippen LogP contribution in [0.25, 0.3) is 0 Å². The molecular weight excluding hydrogens is 224 g/mol. The van der Waals surface area contributed by atoms with Crippen molar-refractivity contribution in [3.05, 3.63) is 47.3 Å². The average molecular weight is 235 g/mol. The maximum Gasteiger partial charge on any atom is 0.129 e. The number of rotatable bonds is 3. The number of hydrogen-bond donors (Lipinski definition) is 1. The molecule has 0 saturated heterocycles. The van der Waals surface area contributed by atoms with Crippen molar-refractivity contribution in [1.82, 2.24) is 15.0 Å². The van der Waals surface area contributed by atoms with Crippen LogP contribution in [0.5, 0.6) is 0 Å². The van der Waals surface area contributed by atoms with Crippen LogP contribution in [-0.2, 0) is 6.54 Å². The van der Waals surface area contributed by atoms with Gasteiger partial charge in [0.1, 0.15) is 11.5 Å². The summed E-state index contributed by atoms with van der Waals surface area (Å²) in [7, 11) is 0. The number of pyridine rings is 1. The number of halogens is 1. The Hall–Kier alpha value is -1.68. The van der Waals surface area contributed by atoms with Gasteiger partial charge in [0, 0.05) is 6.20 Å². The van der Waals surface area contributed by atoms with Crippen LogP contribution >= 0.6 is 11.6 Å². The van der Waals surface area contributed by atoms with Crippen LogP contribution in [0.4, 0.5) is 5.69 Å². The summed E-state index contributed by atoms with van der Waals surface area (Å²) >= 11 is 5.77. The summed E-state index contributed by atoms with van der Waals surface area (Å²) in [6, 6.07) is 5.54. The molecule has 0 aromatic carbocycles. The third kappa shape index (κ3) is 2.67. The lowest BCUT2D eigenvalue weighted by molar-refractivity contribution is 0.999. The average Bonchev–Trinajstić information content (AvgIpc) is 2.29. The third-order valence-electron chi connectivity index (χ3n) is 2.16. The van der Waals surface area contributed by atoms with Crippen LogP contribution in [0.3, 0.4) is 0 Å². The highest BCUT2D eigenvalue weighted by Gasteiger charge is 2.00. The van der Waals surface area contributed by atoms with Gasteiger partial charge in [0.25, 0.3) is 0 Å². The second-order valence-corrected chi connectivity index (χ2v) is 3.71.